The first-order valence-electron chi connectivity index (χ1n) is 4.64. The lowest BCUT2D eigenvalue weighted by Gasteiger charge is -2.73. The van der Waals surface area contributed by atoms with Gasteiger partial charge >= 0.3 is 0 Å². The standard InChI is InChI=1S/C7H12N.C2H6/c1-8-3-5-2-6(4-8)7(5)8;1-2/h5-7H,2-4H2,1H3;1-2H3/q+1;. The van der Waals surface area contributed by atoms with Crippen molar-refractivity contribution in [3.8, 4) is 0 Å². The average molecular weight is 140 g/mol. The Balaban J connectivity index is 0.000000188. The zero-order valence-electron chi connectivity index (χ0n) is 7.30. The van der Waals surface area contributed by atoms with Gasteiger partial charge in [0.15, 0.2) is 0 Å². The number of hydrogen-bond acceptors (Lipinski definition) is 0. The molecule has 0 spiro atoms. The lowest BCUT2D eigenvalue weighted by atomic mass is 9.54. The van der Waals surface area contributed by atoms with Crippen LogP contribution in [0.5, 0.6) is 0 Å². The molecule has 0 aromatic carbocycles. The molecule has 1 heteroatoms. The first-order chi connectivity index (χ1) is 4.80. The molecule has 2 atom stereocenters. The fraction of sp³-hybridized carbons (Fsp3) is 1.00. The number of hydrogen-bond donors (Lipinski definition) is 0. The second-order valence-corrected chi connectivity index (χ2v) is 4.09. The molecule has 3 rings (SSSR count). The molecule has 2 unspecified atom stereocenters. The highest BCUT2D eigenvalue weighted by atomic mass is 15.5. The van der Waals surface area contributed by atoms with Gasteiger partial charge < -0.3 is 4.48 Å². The van der Waals surface area contributed by atoms with Gasteiger partial charge in [-0.25, -0.2) is 0 Å². The van der Waals surface area contributed by atoms with E-state index in [4.69, 9.17) is 0 Å². The Morgan fingerprint density at radius 3 is 1.70 bits per heavy atom. The van der Waals surface area contributed by atoms with Crippen molar-refractivity contribution >= 4 is 0 Å². The largest absolute Gasteiger partial charge is 0.322 e. The average Bonchev–Trinajstić information content (AvgIpc) is 1.90. The van der Waals surface area contributed by atoms with E-state index in [1.165, 1.54) is 29.4 Å². The smallest absolute Gasteiger partial charge is 0.105 e. The maximum absolute atomic E-state index is 2.41. The molecule has 0 N–H and O–H groups in total. The molecule has 0 aromatic rings. The highest BCUT2D eigenvalue weighted by Gasteiger charge is 2.72. The van der Waals surface area contributed by atoms with Crippen LogP contribution in [0.1, 0.15) is 20.3 Å². The van der Waals surface area contributed by atoms with Crippen LogP contribution in [0, 0.1) is 11.8 Å². The fourth-order valence-corrected chi connectivity index (χ4v) is 3.35. The van der Waals surface area contributed by atoms with E-state index < -0.39 is 0 Å². The maximum Gasteiger partial charge on any atom is 0.105 e. The van der Waals surface area contributed by atoms with Gasteiger partial charge in [0.2, 0.25) is 0 Å². The minimum Gasteiger partial charge on any atom is -0.322 e. The molecule has 0 radical (unpaired) electrons. The summed E-state index contributed by atoms with van der Waals surface area (Å²) in [5.41, 5.74) is 0. The van der Waals surface area contributed by atoms with Crippen molar-refractivity contribution in [2.45, 2.75) is 26.3 Å². The summed E-state index contributed by atoms with van der Waals surface area (Å²) in [5, 5.41) is 0. The first-order valence-corrected chi connectivity index (χ1v) is 4.64. The summed E-state index contributed by atoms with van der Waals surface area (Å²) in [7, 11) is 2.41. The Hall–Kier alpha value is -0.0400. The van der Waals surface area contributed by atoms with Crippen molar-refractivity contribution in [3.63, 3.8) is 0 Å². The number of nitrogens with zero attached hydrogens (tertiary/aromatic N) is 1. The summed E-state index contributed by atoms with van der Waals surface area (Å²) in [6.07, 6.45) is 1.58. The van der Waals surface area contributed by atoms with Crippen LogP contribution in [0.4, 0.5) is 0 Å². The molecule has 1 aliphatic carbocycles. The fourth-order valence-electron chi connectivity index (χ4n) is 3.35. The van der Waals surface area contributed by atoms with E-state index in [9.17, 15) is 0 Å². The van der Waals surface area contributed by atoms with Crippen LogP contribution < -0.4 is 0 Å². The van der Waals surface area contributed by atoms with Gasteiger partial charge in [-0.05, 0) is 6.42 Å². The van der Waals surface area contributed by atoms with Gasteiger partial charge in [0.05, 0.1) is 32.0 Å². The zero-order valence-corrected chi connectivity index (χ0v) is 7.30. The van der Waals surface area contributed by atoms with Crippen LogP contribution in [0.3, 0.4) is 0 Å². The topological polar surface area (TPSA) is 0 Å². The normalized spacial score (nSPS) is 59.7. The van der Waals surface area contributed by atoms with Gasteiger partial charge in [0.25, 0.3) is 0 Å². The van der Waals surface area contributed by atoms with Gasteiger partial charge in [0.1, 0.15) is 6.04 Å². The predicted octanol–water partition coefficient (Wildman–Crippen LogP) is 1.49. The van der Waals surface area contributed by atoms with E-state index in [1.54, 1.807) is 6.42 Å². The predicted molar refractivity (Wildman–Crippen MR) is 42.7 cm³/mol. The zero-order chi connectivity index (χ0) is 7.35. The van der Waals surface area contributed by atoms with Crippen LogP contribution in [0.15, 0.2) is 0 Å². The lowest BCUT2D eigenvalue weighted by Crippen LogP contribution is -2.87. The molecule has 0 bridgehead atoms. The third-order valence-electron chi connectivity index (χ3n) is 3.59. The van der Waals surface area contributed by atoms with E-state index >= 15 is 0 Å². The molecule has 0 aromatic heterocycles. The van der Waals surface area contributed by atoms with Crippen molar-refractivity contribution in [1.82, 2.24) is 0 Å². The Bertz CT molecular complexity index is 141. The Labute approximate surface area is 63.6 Å². The van der Waals surface area contributed by atoms with Crippen LogP contribution in [0.2, 0.25) is 0 Å². The van der Waals surface area contributed by atoms with E-state index in [0.717, 1.165) is 6.04 Å². The SMILES string of the molecule is CC.C[N+]12CC3CC(C1)C32. The molecule has 1 saturated carbocycles. The lowest BCUT2D eigenvalue weighted by molar-refractivity contribution is -1.05. The summed E-state index contributed by atoms with van der Waals surface area (Å²) >= 11 is 0. The minimum absolute atomic E-state index is 1.16. The van der Waals surface area contributed by atoms with Crippen LogP contribution in [-0.4, -0.2) is 30.7 Å². The second-order valence-electron chi connectivity index (χ2n) is 4.09. The number of piperidine rings is 4. The van der Waals surface area contributed by atoms with Crippen LogP contribution in [0.25, 0.3) is 0 Å². The van der Waals surface area contributed by atoms with Crippen LogP contribution in [-0.2, 0) is 0 Å². The van der Waals surface area contributed by atoms with Gasteiger partial charge in [-0.3, -0.25) is 0 Å². The molecule has 3 aliphatic rings. The molecule has 2 aliphatic heterocycles. The second kappa shape index (κ2) is 1.76. The summed E-state index contributed by atoms with van der Waals surface area (Å²) in [6.45, 7) is 7.03. The van der Waals surface area contributed by atoms with E-state index in [1.807, 2.05) is 13.8 Å². The van der Waals surface area contributed by atoms with E-state index in [2.05, 4.69) is 7.05 Å². The van der Waals surface area contributed by atoms with Gasteiger partial charge in [0, 0.05) is 0 Å². The quantitative estimate of drug-likeness (QED) is 0.447. The monoisotopic (exact) mass is 140 g/mol. The van der Waals surface area contributed by atoms with Crippen molar-refractivity contribution < 1.29 is 4.48 Å². The third kappa shape index (κ3) is 0.493. The molecule has 2 saturated heterocycles. The van der Waals surface area contributed by atoms with Crippen molar-refractivity contribution in [2.24, 2.45) is 11.8 Å². The molecule has 3 fully saturated rings. The Kier molecular flexibility index (Phi) is 1.17. The highest BCUT2D eigenvalue weighted by Crippen LogP contribution is 2.59. The van der Waals surface area contributed by atoms with Crippen molar-refractivity contribution in [2.75, 3.05) is 20.1 Å². The Morgan fingerprint density at radius 2 is 1.60 bits per heavy atom. The molecule has 0 amide bonds. The molecule has 2 heterocycles. The van der Waals surface area contributed by atoms with Gasteiger partial charge in [-0.15, -0.1) is 0 Å². The summed E-state index contributed by atoms with van der Waals surface area (Å²) in [6, 6.07) is 1.16. The minimum atomic E-state index is 1.16. The first kappa shape index (κ1) is 6.66. The third-order valence-corrected chi connectivity index (χ3v) is 3.59. The maximum atomic E-state index is 2.41. The number of quaternary nitrogens is 1. The van der Waals surface area contributed by atoms with Crippen molar-refractivity contribution in [3.05, 3.63) is 0 Å². The molecule has 58 valence electrons. The summed E-state index contributed by atoms with van der Waals surface area (Å²) < 4.78 is 1.45. The highest BCUT2D eigenvalue weighted by molar-refractivity contribution is 5.04. The summed E-state index contributed by atoms with van der Waals surface area (Å²) in [4.78, 5) is 0. The summed E-state index contributed by atoms with van der Waals surface area (Å²) in [5.74, 6) is 2.36. The van der Waals surface area contributed by atoms with Gasteiger partial charge in [-0.1, -0.05) is 13.8 Å². The van der Waals surface area contributed by atoms with E-state index in [-0.39, 0.29) is 0 Å². The number of rotatable bonds is 0. The van der Waals surface area contributed by atoms with Gasteiger partial charge in [-0.2, -0.15) is 0 Å². The molecule has 10 heavy (non-hydrogen) atoms. The molecular weight excluding hydrogens is 122 g/mol. The molecular formula is C9H18N+. The Morgan fingerprint density at radius 1 is 1.10 bits per heavy atom. The van der Waals surface area contributed by atoms with Crippen LogP contribution >= 0.6 is 0 Å². The van der Waals surface area contributed by atoms with Crippen molar-refractivity contribution in [1.29, 1.82) is 0 Å². The van der Waals surface area contributed by atoms with E-state index in [0.29, 0.717) is 0 Å². The molecule has 1 nitrogen and oxygen atoms in total.